The molecule has 3 aromatic carbocycles. The standard InChI is InChI=1S/C22H24N2O/c1-17-14-18(2)16-20(15-17)24-13-12-23-19-8-10-22(11-9-19)25-21-6-4-3-5-7-21/h3-11,14-16,23-24H,12-13H2,1-2H3. The third-order valence-electron chi connectivity index (χ3n) is 3.84. The van der Waals surface area contributed by atoms with E-state index in [0.717, 1.165) is 30.3 Å². The molecule has 2 N–H and O–H groups in total. The lowest BCUT2D eigenvalue weighted by Crippen LogP contribution is -2.13. The van der Waals surface area contributed by atoms with Crippen molar-refractivity contribution in [3.05, 3.63) is 83.9 Å². The predicted molar refractivity (Wildman–Crippen MR) is 106 cm³/mol. The van der Waals surface area contributed by atoms with E-state index < -0.39 is 0 Å². The van der Waals surface area contributed by atoms with Crippen molar-refractivity contribution >= 4 is 11.4 Å². The average Bonchev–Trinajstić information content (AvgIpc) is 2.60. The Morgan fingerprint density at radius 2 is 1.20 bits per heavy atom. The molecule has 0 aromatic heterocycles. The van der Waals surface area contributed by atoms with Crippen LogP contribution in [0.4, 0.5) is 11.4 Å². The zero-order valence-corrected chi connectivity index (χ0v) is 14.8. The van der Waals surface area contributed by atoms with Gasteiger partial charge in [-0.2, -0.15) is 0 Å². The van der Waals surface area contributed by atoms with Gasteiger partial charge < -0.3 is 15.4 Å². The highest BCUT2D eigenvalue weighted by atomic mass is 16.5. The molecular weight excluding hydrogens is 308 g/mol. The number of aryl methyl sites for hydroxylation is 2. The Labute approximate surface area is 149 Å². The van der Waals surface area contributed by atoms with Crippen molar-refractivity contribution in [1.82, 2.24) is 0 Å². The maximum atomic E-state index is 5.80. The van der Waals surface area contributed by atoms with Crippen molar-refractivity contribution in [2.24, 2.45) is 0 Å². The molecule has 0 bridgehead atoms. The number of nitrogens with one attached hydrogen (secondary N) is 2. The lowest BCUT2D eigenvalue weighted by atomic mass is 10.1. The van der Waals surface area contributed by atoms with Crippen LogP contribution in [0.5, 0.6) is 11.5 Å². The van der Waals surface area contributed by atoms with E-state index in [1.54, 1.807) is 0 Å². The van der Waals surface area contributed by atoms with Gasteiger partial charge in [0, 0.05) is 24.5 Å². The van der Waals surface area contributed by atoms with Crippen LogP contribution in [0.15, 0.2) is 72.8 Å². The molecule has 0 saturated carbocycles. The molecule has 0 aliphatic carbocycles. The van der Waals surface area contributed by atoms with Crippen molar-refractivity contribution in [3.8, 4) is 11.5 Å². The summed E-state index contributed by atoms with van der Waals surface area (Å²) in [7, 11) is 0. The molecule has 3 heteroatoms. The summed E-state index contributed by atoms with van der Waals surface area (Å²) in [6.45, 7) is 5.96. The van der Waals surface area contributed by atoms with E-state index in [1.807, 2.05) is 54.6 Å². The Bertz CT molecular complexity index is 778. The number of benzene rings is 3. The quantitative estimate of drug-likeness (QED) is 0.551. The second kappa shape index (κ2) is 8.25. The van der Waals surface area contributed by atoms with Gasteiger partial charge in [0.15, 0.2) is 0 Å². The van der Waals surface area contributed by atoms with Crippen molar-refractivity contribution < 1.29 is 4.74 Å². The van der Waals surface area contributed by atoms with E-state index in [9.17, 15) is 0 Å². The number of rotatable bonds is 7. The normalized spacial score (nSPS) is 10.3. The molecular formula is C22H24N2O. The summed E-state index contributed by atoms with van der Waals surface area (Å²) >= 11 is 0. The average molecular weight is 332 g/mol. The molecule has 0 aliphatic heterocycles. The van der Waals surface area contributed by atoms with Crippen molar-refractivity contribution in [2.45, 2.75) is 13.8 Å². The van der Waals surface area contributed by atoms with Crippen LogP contribution in [0.3, 0.4) is 0 Å². The van der Waals surface area contributed by atoms with Crippen LogP contribution >= 0.6 is 0 Å². The molecule has 0 radical (unpaired) electrons. The SMILES string of the molecule is Cc1cc(C)cc(NCCNc2ccc(Oc3ccccc3)cc2)c1. The van der Waals surface area contributed by atoms with Crippen LogP contribution in [0.1, 0.15) is 11.1 Å². The van der Waals surface area contributed by atoms with Gasteiger partial charge in [0.2, 0.25) is 0 Å². The zero-order chi connectivity index (χ0) is 17.5. The molecule has 3 rings (SSSR count). The largest absolute Gasteiger partial charge is 0.457 e. The second-order valence-electron chi connectivity index (χ2n) is 6.17. The molecule has 128 valence electrons. The highest BCUT2D eigenvalue weighted by molar-refractivity contribution is 5.50. The summed E-state index contributed by atoms with van der Waals surface area (Å²) in [6, 6.07) is 24.4. The molecule has 0 aliphatic rings. The van der Waals surface area contributed by atoms with Gasteiger partial charge in [0.1, 0.15) is 11.5 Å². The van der Waals surface area contributed by atoms with Crippen LogP contribution in [0, 0.1) is 13.8 Å². The number of anilines is 2. The minimum atomic E-state index is 0.838. The van der Waals surface area contributed by atoms with Gasteiger partial charge >= 0.3 is 0 Å². The van der Waals surface area contributed by atoms with E-state index in [0.29, 0.717) is 0 Å². The first kappa shape index (κ1) is 16.9. The minimum Gasteiger partial charge on any atom is -0.457 e. The summed E-state index contributed by atoms with van der Waals surface area (Å²) in [5.74, 6) is 1.69. The smallest absolute Gasteiger partial charge is 0.127 e. The molecule has 0 unspecified atom stereocenters. The topological polar surface area (TPSA) is 33.3 Å². The maximum absolute atomic E-state index is 5.80. The predicted octanol–water partition coefficient (Wildman–Crippen LogP) is 5.62. The fourth-order valence-electron chi connectivity index (χ4n) is 2.76. The highest BCUT2D eigenvalue weighted by Gasteiger charge is 1.98. The van der Waals surface area contributed by atoms with Crippen LogP contribution in [-0.2, 0) is 0 Å². The van der Waals surface area contributed by atoms with Gasteiger partial charge in [-0.25, -0.2) is 0 Å². The van der Waals surface area contributed by atoms with E-state index in [-0.39, 0.29) is 0 Å². The van der Waals surface area contributed by atoms with Gasteiger partial charge in [0.25, 0.3) is 0 Å². The Hall–Kier alpha value is -2.94. The summed E-state index contributed by atoms with van der Waals surface area (Å²) < 4.78 is 5.80. The Morgan fingerprint density at radius 3 is 1.84 bits per heavy atom. The molecule has 0 heterocycles. The molecule has 3 aromatic rings. The van der Waals surface area contributed by atoms with E-state index in [4.69, 9.17) is 4.74 Å². The first-order chi connectivity index (χ1) is 12.2. The number of hydrogen-bond donors (Lipinski definition) is 2. The molecule has 0 atom stereocenters. The third-order valence-corrected chi connectivity index (χ3v) is 3.84. The van der Waals surface area contributed by atoms with E-state index >= 15 is 0 Å². The molecule has 0 saturated heterocycles. The lowest BCUT2D eigenvalue weighted by molar-refractivity contribution is 0.483. The molecule has 0 fully saturated rings. The fourth-order valence-corrected chi connectivity index (χ4v) is 2.76. The number of para-hydroxylation sites is 1. The number of hydrogen-bond acceptors (Lipinski definition) is 3. The van der Waals surface area contributed by atoms with Gasteiger partial charge in [-0.3, -0.25) is 0 Å². The zero-order valence-electron chi connectivity index (χ0n) is 14.8. The first-order valence-electron chi connectivity index (χ1n) is 8.58. The Kier molecular flexibility index (Phi) is 5.57. The van der Waals surface area contributed by atoms with Crippen LogP contribution in [-0.4, -0.2) is 13.1 Å². The van der Waals surface area contributed by atoms with Crippen molar-refractivity contribution in [2.75, 3.05) is 23.7 Å². The Balaban J connectivity index is 1.45. The second-order valence-corrected chi connectivity index (χ2v) is 6.17. The maximum Gasteiger partial charge on any atom is 0.127 e. The summed E-state index contributed by atoms with van der Waals surface area (Å²) in [4.78, 5) is 0. The minimum absolute atomic E-state index is 0.838. The third kappa shape index (κ3) is 5.28. The van der Waals surface area contributed by atoms with Gasteiger partial charge in [-0.15, -0.1) is 0 Å². The lowest BCUT2D eigenvalue weighted by Gasteiger charge is -2.11. The van der Waals surface area contributed by atoms with E-state index in [1.165, 1.54) is 16.8 Å². The summed E-state index contributed by atoms with van der Waals surface area (Å²) in [5.41, 5.74) is 4.82. The van der Waals surface area contributed by atoms with E-state index in [2.05, 4.69) is 42.7 Å². The van der Waals surface area contributed by atoms with Gasteiger partial charge in [0.05, 0.1) is 0 Å². The Morgan fingerprint density at radius 1 is 0.640 bits per heavy atom. The van der Waals surface area contributed by atoms with Crippen molar-refractivity contribution in [1.29, 1.82) is 0 Å². The van der Waals surface area contributed by atoms with Crippen LogP contribution < -0.4 is 15.4 Å². The fraction of sp³-hybridized carbons (Fsp3) is 0.182. The first-order valence-corrected chi connectivity index (χ1v) is 8.58. The molecule has 0 spiro atoms. The molecule has 0 amide bonds. The highest BCUT2D eigenvalue weighted by Crippen LogP contribution is 2.22. The molecule has 3 nitrogen and oxygen atoms in total. The monoisotopic (exact) mass is 332 g/mol. The van der Waals surface area contributed by atoms with Crippen molar-refractivity contribution in [3.63, 3.8) is 0 Å². The molecule has 25 heavy (non-hydrogen) atoms. The van der Waals surface area contributed by atoms with Crippen LogP contribution in [0.2, 0.25) is 0 Å². The summed E-state index contributed by atoms with van der Waals surface area (Å²) in [5, 5.41) is 6.87. The van der Waals surface area contributed by atoms with Crippen LogP contribution in [0.25, 0.3) is 0 Å². The van der Waals surface area contributed by atoms with Gasteiger partial charge in [-0.05, 0) is 73.5 Å². The number of ether oxygens (including phenoxy) is 1. The van der Waals surface area contributed by atoms with Gasteiger partial charge in [-0.1, -0.05) is 24.3 Å². The summed E-state index contributed by atoms with van der Waals surface area (Å²) in [6.07, 6.45) is 0.